The van der Waals surface area contributed by atoms with Crippen LogP contribution < -0.4 is 10.6 Å². The number of ether oxygens (including phenoxy) is 1. The van der Waals surface area contributed by atoms with Gasteiger partial charge in [-0.1, -0.05) is 0 Å². The van der Waals surface area contributed by atoms with Gasteiger partial charge in [0.15, 0.2) is 0 Å². The van der Waals surface area contributed by atoms with Crippen LogP contribution in [0, 0.1) is 5.92 Å². The summed E-state index contributed by atoms with van der Waals surface area (Å²) in [7, 11) is 0. The van der Waals surface area contributed by atoms with Crippen molar-refractivity contribution in [1.82, 2.24) is 15.5 Å². The minimum Gasteiger partial charge on any atom is -0.443 e. The highest BCUT2D eigenvalue weighted by Crippen LogP contribution is 2.21. The summed E-state index contributed by atoms with van der Waals surface area (Å²) >= 11 is 0. The van der Waals surface area contributed by atoms with Gasteiger partial charge in [-0.2, -0.15) is 0 Å². The number of hydrogen-bond donors (Lipinski definition) is 2. The van der Waals surface area contributed by atoms with Crippen molar-refractivity contribution in [3.63, 3.8) is 0 Å². The van der Waals surface area contributed by atoms with Crippen LogP contribution in [-0.4, -0.2) is 55.9 Å². The molecule has 0 aromatic carbocycles. The Balaban J connectivity index is 1.40. The quantitative estimate of drug-likeness (QED) is 0.751. The zero-order valence-electron chi connectivity index (χ0n) is 10.9. The van der Waals surface area contributed by atoms with Crippen LogP contribution in [0.1, 0.15) is 25.7 Å². The monoisotopic (exact) mass is 253 g/mol. The lowest BCUT2D eigenvalue weighted by Gasteiger charge is -2.33. The number of alkyl carbamates (subject to hydrolysis) is 1. The largest absolute Gasteiger partial charge is 0.443 e. The van der Waals surface area contributed by atoms with Crippen molar-refractivity contribution in [1.29, 1.82) is 0 Å². The van der Waals surface area contributed by atoms with E-state index in [2.05, 4.69) is 15.5 Å². The van der Waals surface area contributed by atoms with Gasteiger partial charge in [0.2, 0.25) is 0 Å². The van der Waals surface area contributed by atoms with Gasteiger partial charge in [0, 0.05) is 19.1 Å². The van der Waals surface area contributed by atoms with E-state index < -0.39 is 0 Å². The SMILES string of the molecule is O=C1NCC(CN2CCCC(CNC3CC3)C2)O1. The van der Waals surface area contributed by atoms with Crippen molar-refractivity contribution >= 4 is 6.09 Å². The minimum atomic E-state index is -0.260. The molecular formula is C13H23N3O2. The first kappa shape index (κ1) is 12.2. The fourth-order valence-electron chi connectivity index (χ4n) is 2.93. The predicted octanol–water partition coefficient (Wildman–Crippen LogP) is 0.559. The number of piperidine rings is 1. The maximum absolute atomic E-state index is 11.0. The molecule has 3 fully saturated rings. The number of rotatable bonds is 5. The molecular weight excluding hydrogens is 230 g/mol. The highest BCUT2D eigenvalue weighted by atomic mass is 16.6. The molecule has 3 aliphatic rings. The molecule has 1 amide bonds. The van der Waals surface area contributed by atoms with Crippen LogP contribution in [0.2, 0.25) is 0 Å². The van der Waals surface area contributed by atoms with Crippen LogP contribution >= 0.6 is 0 Å². The number of nitrogens with zero attached hydrogens (tertiary/aromatic N) is 1. The Morgan fingerprint density at radius 2 is 2.28 bits per heavy atom. The molecule has 2 heterocycles. The van der Waals surface area contributed by atoms with E-state index in [4.69, 9.17) is 4.74 Å². The first-order valence-electron chi connectivity index (χ1n) is 7.20. The summed E-state index contributed by atoms with van der Waals surface area (Å²) in [5, 5.41) is 6.34. The smallest absolute Gasteiger partial charge is 0.407 e. The Morgan fingerprint density at radius 1 is 1.39 bits per heavy atom. The van der Waals surface area contributed by atoms with E-state index in [0.717, 1.165) is 38.1 Å². The summed E-state index contributed by atoms with van der Waals surface area (Å²) in [6.45, 7) is 5.00. The Hall–Kier alpha value is -0.810. The van der Waals surface area contributed by atoms with Gasteiger partial charge in [-0.25, -0.2) is 4.79 Å². The zero-order chi connectivity index (χ0) is 12.4. The number of nitrogens with one attached hydrogen (secondary N) is 2. The van der Waals surface area contributed by atoms with E-state index >= 15 is 0 Å². The topological polar surface area (TPSA) is 53.6 Å². The van der Waals surface area contributed by atoms with Gasteiger partial charge in [-0.05, 0) is 44.7 Å². The molecule has 1 saturated carbocycles. The molecule has 0 aromatic heterocycles. The van der Waals surface area contributed by atoms with E-state index in [-0.39, 0.29) is 12.2 Å². The van der Waals surface area contributed by atoms with Gasteiger partial charge in [-0.15, -0.1) is 0 Å². The second-order valence-electron chi connectivity index (χ2n) is 5.86. The van der Waals surface area contributed by atoms with Crippen LogP contribution in [0.4, 0.5) is 4.79 Å². The lowest BCUT2D eigenvalue weighted by atomic mass is 9.97. The Bertz CT molecular complexity index is 307. The van der Waals surface area contributed by atoms with Gasteiger partial charge in [0.05, 0.1) is 6.54 Å². The molecule has 2 atom stereocenters. The third-order valence-corrected chi connectivity index (χ3v) is 4.09. The van der Waals surface area contributed by atoms with Crippen LogP contribution in [0.25, 0.3) is 0 Å². The number of carbonyl (C=O) groups excluding carboxylic acids is 1. The lowest BCUT2D eigenvalue weighted by Crippen LogP contribution is -2.43. The first-order chi connectivity index (χ1) is 8.79. The molecule has 1 aliphatic carbocycles. The fraction of sp³-hybridized carbons (Fsp3) is 0.923. The molecule has 2 aliphatic heterocycles. The van der Waals surface area contributed by atoms with Crippen LogP contribution in [0.3, 0.4) is 0 Å². The van der Waals surface area contributed by atoms with Crippen LogP contribution in [0.15, 0.2) is 0 Å². The number of cyclic esters (lactones) is 1. The van der Waals surface area contributed by atoms with Crippen LogP contribution in [0.5, 0.6) is 0 Å². The van der Waals surface area contributed by atoms with Crippen molar-refractivity contribution in [3.8, 4) is 0 Å². The van der Waals surface area contributed by atoms with Gasteiger partial charge in [0.1, 0.15) is 6.10 Å². The standard InChI is InChI=1S/C13H23N3O2/c17-13-15-7-12(18-13)9-16-5-1-2-10(8-16)6-14-11-3-4-11/h10-12,14H,1-9H2,(H,15,17). The van der Waals surface area contributed by atoms with Crippen molar-refractivity contribution in [2.75, 3.05) is 32.7 Å². The molecule has 2 unspecified atom stereocenters. The van der Waals surface area contributed by atoms with E-state index in [0.29, 0.717) is 6.54 Å². The third kappa shape index (κ3) is 3.36. The van der Waals surface area contributed by atoms with Gasteiger partial charge >= 0.3 is 6.09 Å². The minimum absolute atomic E-state index is 0.0487. The predicted molar refractivity (Wildman–Crippen MR) is 68.5 cm³/mol. The Kier molecular flexibility index (Phi) is 3.70. The van der Waals surface area contributed by atoms with E-state index in [1.54, 1.807) is 0 Å². The molecule has 2 saturated heterocycles. The maximum atomic E-state index is 11.0. The molecule has 3 rings (SSSR count). The van der Waals surface area contributed by atoms with Crippen molar-refractivity contribution in [2.24, 2.45) is 5.92 Å². The molecule has 2 N–H and O–H groups in total. The third-order valence-electron chi connectivity index (χ3n) is 4.09. The summed E-state index contributed by atoms with van der Waals surface area (Å²) in [6, 6.07) is 0.806. The van der Waals surface area contributed by atoms with Crippen LogP contribution in [-0.2, 0) is 4.74 Å². The average molecular weight is 253 g/mol. The summed E-state index contributed by atoms with van der Waals surface area (Å²) in [5.74, 6) is 0.768. The van der Waals surface area contributed by atoms with E-state index in [1.807, 2.05) is 0 Å². The Morgan fingerprint density at radius 3 is 3.00 bits per heavy atom. The normalized spacial score (nSPS) is 33.2. The molecule has 0 aromatic rings. The van der Waals surface area contributed by atoms with Crippen molar-refractivity contribution in [3.05, 3.63) is 0 Å². The summed E-state index contributed by atoms with van der Waals surface area (Å²) in [5.41, 5.74) is 0. The average Bonchev–Trinajstić information content (AvgIpc) is 3.11. The number of carbonyl (C=O) groups is 1. The summed E-state index contributed by atoms with van der Waals surface area (Å²) in [6.07, 6.45) is 5.11. The zero-order valence-corrected chi connectivity index (χ0v) is 10.9. The fourth-order valence-corrected chi connectivity index (χ4v) is 2.93. The molecule has 102 valence electrons. The van der Waals surface area contributed by atoms with E-state index in [9.17, 15) is 4.79 Å². The molecule has 0 spiro atoms. The molecule has 5 nitrogen and oxygen atoms in total. The maximum Gasteiger partial charge on any atom is 0.407 e. The second-order valence-corrected chi connectivity index (χ2v) is 5.86. The molecule has 18 heavy (non-hydrogen) atoms. The molecule has 0 radical (unpaired) electrons. The number of likely N-dealkylation sites (tertiary alicyclic amines) is 1. The number of amides is 1. The van der Waals surface area contributed by atoms with Crippen molar-refractivity contribution in [2.45, 2.75) is 37.8 Å². The highest BCUT2D eigenvalue weighted by Gasteiger charge is 2.28. The molecule has 0 bridgehead atoms. The molecule has 5 heteroatoms. The highest BCUT2D eigenvalue weighted by molar-refractivity contribution is 5.69. The summed E-state index contributed by atoms with van der Waals surface area (Å²) in [4.78, 5) is 13.4. The number of hydrogen-bond acceptors (Lipinski definition) is 4. The van der Waals surface area contributed by atoms with Gasteiger partial charge < -0.3 is 15.4 Å². The Labute approximate surface area is 108 Å². The van der Waals surface area contributed by atoms with Gasteiger partial charge in [0.25, 0.3) is 0 Å². The first-order valence-corrected chi connectivity index (χ1v) is 7.20. The second kappa shape index (κ2) is 5.45. The van der Waals surface area contributed by atoms with E-state index in [1.165, 1.54) is 25.7 Å². The lowest BCUT2D eigenvalue weighted by molar-refractivity contribution is 0.0872. The van der Waals surface area contributed by atoms with Crippen molar-refractivity contribution < 1.29 is 9.53 Å². The van der Waals surface area contributed by atoms with Gasteiger partial charge in [-0.3, -0.25) is 4.90 Å². The summed E-state index contributed by atoms with van der Waals surface area (Å²) < 4.78 is 5.20.